The molecule has 6 rings (SSSR count). The molecule has 2 saturated heterocycles. The monoisotopic (exact) mass is 586 g/mol. The molecule has 2 aliphatic rings. The second-order valence-electron chi connectivity index (χ2n) is 9.83. The van der Waals surface area contributed by atoms with Crippen molar-refractivity contribution in [3.8, 4) is 16.5 Å². The van der Waals surface area contributed by atoms with Crippen LogP contribution in [0.15, 0.2) is 44.7 Å². The van der Waals surface area contributed by atoms with Gasteiger partial charge in [-0.05, 0) is 61.9 Å². The minimum absolute atomic E-state index is 0.0891. The molecular weight excluding hydrogens is 555 g/mol. The van der Waals surface area contributed by atoms with E-state index in [0.29, 0.717) is 50.8 Å². The number of nitrogens with zero attached hydrogens (tertiary/aromatic N) is 3. The number of rotatable bonds is 6. The number of ether oxygens (including phenoxy) is 2. The van der Waals surface area contributed by atoms with Gasteiger partial charge in [-0.2, -0.15) is 0 Å². The molecule has 2 N–H and O–H groups in total. The average molecular weight is 587 g/mol. The molecule has 0 bridgehead atoms. The van der Waals surface area contributed by atoms with Crippen LogP contribution in [0.1, 0.15) is 36.4 Å². The lowest BCUT2D eigenvalue weighted by Crippen LogP contribution is -2.44. The molecule has 1 aromatic carbocycles. The van der Waals surface area contributed by atoms with Crippen LogP contribution < -0.4 is 21.3 Å². The number of aliphatic hydroxyl groups excluding tert-OH is 1. The Kier molecular flexibility index (Phi) is 8.66. The number of nitrogens with one attached hydrogen (secondary N) is 1. The molecule has 2 aliphatic heterocycles. The maximum Gasteiger partial charge on any atom is 0.332 e. The summed E-state index contributed by atoms with van der Waals surface area (Å²) in [6.07, 6.45) is 5.10. The fourth-order valence-corrected chi connectivity index (χ4v) is 6.32. The molecule has 4 aromatic rings. The van der Waals surface area contributed by atoms with E-state index in [4.69, 9.17) is 19.0 Å². The number of fused-ring (bicyclic) bond motifs is 1. The molecule has 0 aliphatic carbocycles. The Morgan fingerprint density at radius 3 is 2.61 bits per heavy atom. The van der Waals surface area contributed by atoms with Crippen molar-refractivity contribution in [1.29, 1.82) is 0 Å². The molecule has 3 aromatic heterocycles. The van der Waals surface area contributed by atoms with E-state index < -0.39 is 23.1 Å². The summed E-state index contributed by atoms with van der Waals surface area (Å²) >= 11 is 1.22. The summed E-state index contributed by atoms with van der Waals surface area (Å²) in [6, 6.07) is 3.31. The maximum atomic E-state index is 13.9. The molecule has 0 saturated carbocycles. The molecule has 1 unspecified atom stereocenters. The molecule has 41 heavy (non-hydrogen) atoms. The highest BCUT2D eigenvalue weighted by Crippen LogP contribution is 2.36. The smallest absolute Gasteiger partial charge is 0.332 e. The van der Waals surface area contributed by atoms with Crippen molar-refractivity contribution in [3.63, 3.8) is 0 Å². The van der Waals surface area contributed by atoms with Gasteiger partial charge in [0.1, 0.15) is 28.7 Å². The van der Waals surface area contributed by atoms with Crippen LogP contribution >= 0.6 is 11.3 Å². The first kappa shape index (κ1) is 28.7. The summed E-state index contributed by atoms with van der Waals surface area (Å²) in [6.45, 7) is 3.78. The number of oxazole rings is 1. The van der Waals surface area contributed by atoms with Crippen molar-refractivity contribution < 1.29 is 28.2 Å². The number of halogens is 1. The molecule has 11 nitrogen and oxygen atoms in total. The summed E-state index contributed by atoms with van der Waals surface area (Å²) in [5.41, 5.74) is 0.0973. The number of aryl methyl sites for hydroxylation is 3. The largest absolute Gasteiger partial charge is 0.496 e. The standard InChI is InChI=1S/C23H21FN4O5S.C5H10O2/c1-12-17-21(30)28(15-5-7-25-19(15)29)23(31)27(22(17)34-18(12)20-26-8-10-33-20)9-6-13-11-14(24)3-4-16(13)32-2;6-5-1-3-7-4-2-5/h3-4,8,10-11,15H,5-7,9H2,1-2H3,(H,25,29);5-6H,1-4H2. The lowest BCUT2D eigenvalue weighted by atomic mass is 10.1. The SMILES string of the molecule is COc1ccc(F)cc1CCn1c(=O)n(C2CCNC2=O)c(=O)c2c(C)c(-c3ncco3)sc21.OC1CCOCC1. The van der Waals surface area contributed by atoms with E-state index >= 15 is 0 Å². The van der Waals surface area contributed by atoms with Gasteiger partial charge in [0.25, 0.3) is 5.56 Å². The summed E-state index contributed by atoms with van der Waals surface area (Å²) in [4.78, 5) is 44.8. The fraction of sp³-hybridized carbons (Fsp3) is 0.429. The second kappa shape index (κ2) is 12.4. The Bertz CT molecular complexity index is 1650. The summed E-state index contributed by atoms with van der Waals surface area (Å²) in [5, 5.41) is 11.8. The normalized spacial score (nSPS) is 17.4. The Hall–Kier alpha value is -3.81. The quantitative estimate of drug-likeness (QED) is 0.352. The highest BCUT2D eigenvalue weighted by Gasteiger charge is 2.32. The van der Waals surface area contributed by atoms with Gasteiger partial charge in [-0.3, -0.25) is 14.2 Å². The molecule has 1 atom stereocenters. The molecule has 0 spiro atoms. The summed E-state index contributed by atoms with van der Waals surface area (Å²) in [7, 11) is 1.49. The first-order valence-corrected chi connectivity index (χ1v) is 14.2. The van der Waals surface area contributed by atoms with Crippen LogP contribution in [0, 0.1) is 12.7 Å². The van der Waals surface area contributed by atoms with Gasteiger partial charge in [0, 0.05) is 26.3 Å². The van der Waals surface area contributed by atoms with Gasteiger partial charge in [0.15, 0.2) is 0 Å². The van der Waals surface area contributed by atoms with Crippen LogP contribution in [0.5, 0.6) is 5.75 Å². The van der Waals surface area contributed by atoms with Gasteiger partial charge in [-0.25, -0.2) is 18.7 Å². The number of aliphatic hydroxyl groups is 1. The van der Waals surface area contributed by atoms with Crippen LogP contribution in [-0.4, -0.2) is 58.1 Å². The molecule has 0 radical (unpaired) electrons. The third kappa shape index (κ3) is 5.83. The fourth-order valence-electron chi connectivity index (χ4n) is 5.06. The molecular formula is C28H31FN4O7S. The number of carbonyl (C=O) groups excluding carboxylic acids is 1. The highest BCUT2D eigenvalue weighted by atomic mass is 32.1. The van der Waals surface area contributed by atoms with Gasteiger partial charge in [-0.15, -0.1) is 11.3 Å². The topological polar surface area (TPSA) is 138 Å². The van der Waals surface area contributed by atoms with Crippen molar-refractivity contribution in [2.24, 2.45) is 0 Å². The van der Waals surface area contributed by atoms with Crippen molar-refractivity contribution >= 4 is 27.5 Å². The van der Waals surface area contributed by atoms with Gasteiger partial charge in [0.05, 0.1) is 29.7 Å². The van der Waals surface area contributed by atoms with Gasteiger partial charge in [-0.1, -0.05) is 0 Å². The Labute approximate surface area is 238 Å². The summed E-state index contributed by atoms with van der Waals surface area (Å²) < 4.78 is 32.2. The molecule has 1 amide bonds. The van der Waals surface area contributed by atoms with Crippen LogP contribution in [0.25, 0.3) is 21.0 Å². The van der Waals surface area contributed by atoms with Crippen molar-refractivity contribution in [2.75, 3.05) is 26.9 Å². The number of aromatic nitrogens is 3. The van der Waals surface area contributed by atoms with Crippen LogP contribution in [0.3, 0.4) is 0 Å². The lowest BCUT2D eigenvalue weighted by Gasteiger charge is -2.16. The number of hydrogen-bond acceptors (Lipinski definition) is 9. The van der Waals surface area contributed by atoms with Gasteiger partial charge >= 0.3 is 5.69 Å². The maximum absolute atomic E-state index is 13.9. The molecule has 2 fully saturated rings. The van der Waals surface area contributed by atoms with Crippen molar-refractivity contribution in [2.45, 2.75) is 51.3 Å². The van der Waals surface area contributed by atoms with E-state index in [1.54, 1.807) is 6.92 Å². The number of methoxy groups -OCH3 is 1. The Morgan fingerprint density at radius 1 is 1.22 bits per heavy atom. The van der Waals surface area contributed by atoms with Gasteiger partial charge < -0.3 is 24.3 Å². The zero-order chi connectivity index (χ0) is 29.1. The third-order valence-corrected chi connectivity index (χ3v) is 8.54. The predicted octanol–water partition coefficient (Wildman–Crippen LogP) is 2.80. The van der Waals surface area contributed by atoms with Gasteiger partial charge in [0.2, 0.25) is 11.8 Å². The first-order valence-electron chi connectivity index (χ1n) is 13.3. The molecule has 13 heteroatoms. The predicted molar refractivity (Wildman–Crippen MR) is 150 cm³/mol. The Morgan fingerprint density at radius 2 is 2.00 bits per heavy atom. The van der Waals surface area contributed by atoms with E-state index in [0.717, 1.165) is 30.6 Å². The Balaban J connectivity index is 0.000000423. The highest BCUT2D eigenvalue weighted by molar-refractivity contribution is 7.22. The average Bonchev–Trinajstić information content (AvgIpc) is 3.71. The zero-order valence-corrected chi connectivity index (χ0v) is 23.5. The van der Waals surface area contributed by atoms with Crippen LogP contribution in [0.2, 0.25) is 0 Å². The second-order valence-corrected chi connectivity index (χ2v) is 10.8. The first-order chi connectivity index (χ1) is 19.8. The van der Waals surface area contributed by atoms with E-state index in [1.165, 1.54) is 53.7 Å². The number of amides is 1. The number of carbonyl (C=O) groups is 1. The number of hydrogen-bond donors (Lipinski definition) is 2. The van der Waals surface area contributed by atoms with Crippen molar-refractivity contribution in [1.82, 2.24) is 19.4 Å². The van der Waals surface area contributed by atoms with E-state index in [9.17, 15) is 18.8 Å². The van der Waals surface area contributed by atoms with Crippen LogP contribution in [-0.2, 0) is 22.5 Å². The molecule has 218 valence electrons. The number of benzene rings is 1. The minimum Gasteiger partial charge on any atom is -0.496 e. The zero-order valence-electron chi connectivity index (χ0n) is 22.7. The lowest BCUT2D eigenvalue weighted by molar-refractivity contribution is -0.122. The van der Waals surface area contributed by atoms with E-state index in [1.807, 2.05) is 0 Å². The third-order valence-electron chi connectivity index (χ3n) is 7.24. The minimum atomic E-state index is -0.885. The molecule has 5 heterocycles. The summed E-state index contributed by atoms with van der Waals surface area (Å²) in [5.74, 6) is 0.0582. The van der Waals surface area contributed by atoms with Crippen molar-refractivity contribution in [3.05, 3.63) is 68.4 Å². The van der Waals surface area contributed by atoms with E-state index in [2.05, 4.69) is 10.3 Å². The van der Waals surface area contributed by atoms with E-state index in [-0.39, 0.29) is 25.0 Å². The van der Waals surface area contributed by atoms with Crippen LogP contribution in [0.4, 0.5) is 4.39 Å². The number of thiophene rings is 1.